The monoisotopic (exact) mass is 309 g/mol. The highest BCUT2D eigenvalue weighted by Gasteiger charge is 2.08. The number of thiophene rings is 1. The Balaban J connectivity index is 2.15. The minimum atomic E-state index is -0.185. The Kier molecular flexibility index (Phi) is 3.71. The minimum absolute atomic E-state index is 0.185. The third-order valence-corrected chi connectivity index (χ3v) is 3.61. The number of halogens is 1. The molecule has 1 amide bonds. The van der Waals surface area contributed by atoms with Crippen molar-refractivity contribution in [1.82, 2.24) is 0 Å². The molecule has 0 bridgehead atoms. The van der Waals surface area contributed by atoms with Crippen LogP contribution in [0.5, 0.6) is 0 Å². The van der Waals surface area contributed by atoms with E-state index in [0.29, 0.717) is 16.8 Å². The Morgan fingerprint density at radius 2 is 2.18 bits per heavy atom. The summed E-state index contributed by atoms with van der Waals surface area (Å²) in [5.41, 5.74) is 1.75. The summed E-state index contributed by atoms with van der Waals surface area (Å²) in [7, 11) is 0. The van der Waals surface area contributed by atoms with Crippen LogP contribution in [0.15, 0.2) is 39.5 Å². The summed E-state index contributed by atoms with van der Waals surface area (Å²) in [6.07, 6.45) is 0.747. The lowest BCUT2D eigenvalue weighted by Gasteiger charge is -2.03. The average molecular weight is 310 g/mol. The van der Waals surface area contributed by atoms with Crippen molar-refractivity contribution in [3.63, 3.8) is 0 Å². The number of benzene rings is 1. The molecule has 0 saturated heterocycles. The van der Waals surface area contributed by atoms with E-state index in [-0.39, 0.29) is 5.91 Å². The van der Waals surface area contributed by atoms with E-state index in [4.69, 9.17) is 0 Å². The largest absolute Gasteiger partial charge is 0.322 e. The van der Waals surface area contributed by atoms with Gasteiger partial charge in [0.2, 0.25) is 0 Å². The highest BCUT2D eigenvalue weighted by atomic mass is 79.9. The molecule has 0 atom stereocenters. The second-order valence-corrected chi connectivity index (χ2v) is 5.63. The first kappa shape index (κ1) is 12.0. The van der Waals surface area contributed by atoms with Crippen molar-refractivity contribution in [2.75, 3.05) is 5.32 Å². The van der Waals surface area contributed by atoms with E-state index in [1.54, 1.807) is 35.7 Å². The number of carbonyl (C=O) groups is 2. The third-order valence-electron chi connectivity index (χ3n) is 2.11. The van der Waals surface area contributed by atoms with Crippen molar-refractivity contribution in [3.8, 4) is 0 Å². The van der Waals surface area contributed by atoms with Crippen molar-refractivity contribution >= 4 is 45.1 Å². The summed E-state index contributed by atoms with van der Waals surface area (Å²) in [4.78, 5) is 22.4. The van der Waals surface area contributed by atoms with E-state index in [1.807, 2.05) is 0 Å². The fourth-order valence-electron chi connectivity index (χ4n) is 1.32. The van der Waals surface area contributed by atoms with Crippen LogP contribution >= 0.6 is 27.3 Å². The molecule has 3 nitrogen and oxygen atoms in total. The summed E-state index contributed by atoms with van der Waals surface area (Å²) in [5.74, 6) is -0.185. The summed E-state index contributed by atoms with van der Waals surface area (Å²) in [6, 6.07) is 8.54. The quantitative estimate of drug-likeness (QED) is 0.881. The molecule has 2 aromatic rings. The predicted molar refractivity (Wildman–Crippen MR) is 71.8 cm³/mol. The molecular formula is C12H8BrNO2S. The van der Waals surface area contributed by atoms with Gasteiger partial charge in [0.15, 0.2) is 0 Å². The number of rotatable bonds is 3. The third kappa shape index (κ3) is 3.01. The lowest BCUT2D eigenvalue weighted by molar-refractivity contribution is 0.102. The van der Waals surface area contributed by atoms with Gasteiger partial charge in [-0.2, -0.15) is 0 Å². The van der Waals surface area contributed by atoms with Gasteiger partial charge in [-0.15, -0.1) is 11.3 Å². The van der Waals surface area contributed by atoms with Gasteiger partial charge in [0.1, 0.15) is 6.29 Å². The van der Waals surface area contributed by atoms with Crippen molar-refractivity contribution < 1.29 is 9.59 Å². The molecule has 0 spiro atoms. The Morgan fingerprint density at radius 1 is 1.35 bits per heavy atom. The summed E-state index contributed by atoms with van der Waals surface area (Å²) in [6.45, 7) is 0. The second-order valence-electron chi connectivity index (χ2n) is 3.34. The van der Waals surface area contributed by atoms with E-state index in [9.17, 15) is 9.59 Å². The Hall–Kier alpha value is -1.46. The number of amides is 1. The van der Waals surface area contributed by atoms with Gasteiger partial charge in [0, 0.05) is 16.6 Å². The van der Waals surface area contributed by atoms with Gasteiger partial charge in [-0.25, -0.2) is 0 Å². The molecule has 0 unspecified atom stereocenters. The molecule has 17 heavy (non-hydrogen) atoms. The topological polar surface area (TPSA) is 46.2 Å². The molecule has 0 radical (unpaired) electrons. The highest BCUT2D eigenvalue weighted by Crippen LogP contribution is 2.21. The maximum atomic E-state index is 11.8. The molecule has 1 aromatic heterocycles. The van der Waals surface area contributed by atoms with Gasteiger partial charge in [0.05, 0.1) is 9.35 Å². The van der Waals surface area contributed by atoms with Crippen LogP contribution in [-0.2, 0) is 0 Å². The normalized spacial score (nSPS) is 9.94. The van der Waals surface area contributed by atoms with Gasteiger partial charge >= 0.3 is 0 Å². The molecule has 5 heteroatoms. The minimum Gasteiger partial charge on any atom is -0.322 e. The Labute approximate surface area is 111 Å². The molecule has 0 aliphatic rings. The van der Waals surface area contributed by atoms with Crippen LogP contribution in [-0.4, -0.2) is 12.2 Å². The van der Waals surface area contributed by atoms with Crippen LogP contribution in [0.2, 0.25) is 0 Å². The number of aldehydes is 1. The second kappa shape index (κ2) is 5.25. The van der Waals surface area contributed by atoms with Crippen molar-refractivity contribution in [3.05, 3.63) is 50.6 Å². The standard InChI is InChI=1S/C12H8BrNO2S/c13-11-5-9(7-17-11)12(16)14-10-3-1-2-8(4-10)6-15/h1-7H,(H,14,16). The van der Waals surface area contributed by atoms with E-state index in [0.717, 1.165) is 10.1 Å². The molecule has 2 rings (SSSR count). The van der Waals surface area contributed by atoms with Crippen LogP contribution in [0.1, 0.15) is 20.7 Å². The van der Waals surface area contributed by atoms with Gasteiger partial charge < -0.3 is 5.32 Å². The summed E-state index contributed by atoms with van der Waals surface area (Å²) >= 11 is 4.75. The molecule has 0 aliphatic carbocycles. The Morgan fingerprint density at radius 3 is 2.82 bits per heavy atom. The maximum Gasteiger partial charge on any atom is 0.256 e. The number of anilines is 1. The smallest absolute Gasteiger partial charge is 0.256 e. The zero-order valence-electron chi connectivity index (χ0n) is 8.64. The zero-order valence-corrected chi connectivity index (χ0v) is 11.0. The lowest BCUT2D eigenvalue weighted by atomic mass is 10.2. The molecule has 0 fully saturated rings. The van der Waals surface area contributed by atoms with Crippen LogP contribution in [0.3, 0.4) is 0 Å². The first-order chi connectivity index (χ1) is 8.19. The summed E-state index contributed by atoms with van der Waals surface area (Å²) in [5, 5.41) is 4.50. The lowest BCUT2D eigenvalue weighted by Crippen LogP contribution is -2.10. The molecule has 86 valence electrons. The maximum absolute atomic E-state index is 11.8. The van der Waals surface area contributed by atoms with Crippen LogP contribution < -0.4 is 5.32 Å². The fourth-order valence-corrected chi connectivity index (χ4v) is 2.46. The van der Waals surface area contributed by atoms with Crippen molar-refractivity contribution in [2.45, 2.75) is 0 Å². The Bertz CT molecular complexity index is 565. The van der Waals surface area contributed by atoms with Gasteiger partial charge in [0.25, 0.3) is 5.91 Å². The van der Waals surface area contributed by atoms with Crippen molar-refractivity contribution in [1.29, 1.82) is 0 Å². The molecular weight excluding hydrogens is 302 g/mol. The number of hydrogen-bond donors (Lipinski definition) is 1. The predicted octanol–water partition coefficient (Wildman–Crippen LogP) is 3.58. The first-order valence-electron chi connectivity index (χ1n) is 4.79. The number of carbonyl (C=O) groups excluding carboxylic acids is 2. The zero-order chi connectivity index (χ0) is 12.3. The fraction of sp³-hybridized carbons (Fsp3) is 0. The van der Waals surface area contributed by atoms with Crippen molar-refractivity contribution in [2.24, 2.45) is 0 Å². The van der Waals surface area contributed by atoms with E-state index in [1.165, 1.54) is 11.3 Å². The SMILES string of the molecule is O=Cc1cccc(NC(=O)c2csc(Br)c2)c1. The molecule has 0 aliphatic heterocycles. The van der Waals surface area contributed by atoms with E-state index in [2.05, 4.69) is 21.2 Å². The summed E-state index contributed by atoms with van der Waals surface area (Å²) < 4.78 is 0.907. The number of hydrogen-bond acceptors (Lipinski definition) is 3. The van der Waals surface area contributed by atoms with E-state index >= 15 is 0 Å². The van der Waals surface area contributed by atoms with Gasteiger partial charge in [-0.05, 0) is 34.1 Å². The van der Waals surface area contributed by atoms with Crippen LogP contribution in [0, 0.1) is 0 Å². The molecule has 0 saturated carbocycles. The molecule has 1 heterocycles. The molecule has 1 aromatic carbocycles. The first-order valence-corrected chi connectivity index (χ1v) is 6.47. The van der Waals surface area contributed by atoms with Crippen LogP contribution in [0.25, 0.3) is 0 Å². The van der Waals surface area contributed by atoms with Gasteiger partial charge in [-0.1, -0.05) is 12.1 Å². The van der Waals surface area contributed by atoms with Crippen LogP contribution in [0.4, 0.5) is 5.69 Å². The highest BCUT2D eigenvalue weighted by molar-refractivity contribution is 9.11. The van der Waals surface area contributed by atoms with E-state index < -0.39 is 0 Å². The van der Waals surface area contributed by atoms with Gasteiger partial charge in [-0.3, -0.25) is 9.59 Å². The molecule has 1 N–H and O–H groups in total. The average Bonchev–Trinajstić information content (AvgIpc) is 2.76. The number of nitrogens with one attached hydrogen (secondary N) is 1.